The van der Waals surface area contributed by atoms with Crippen LogP contribution in [0.5, 0.6) is 0 Å². The molecule has 0 fully saturated rings. The van der Waals surface area contributed by atoms with Crippen LogP contribution in [0.2, 0.25) is 0 Å². The Bertz CT molecular complexity index is 1150. The van der Waals surface area contributed by atoms with E-state index in [1.165, 1.54) is 22.3 Å². The molecule has 2 aromatic heterocycles. The molecule has 2 nitrogen and oxygen atoms in total. The molecule has 0 bridgehead atoms. The summed E-state index contributed by atoms with van der Waals surface area (Å²) in [6, 6.07) is 29.3. The van der Waals surface area contributed by atoms with Gasteiger partial charge in [-0.25, -0.2) is 0 Å². The first-order valence-corrected chi connectivity index (χ1v) is 13.4. The van der Waals surface area contributed by atoms with Crippen molar-refractivity contribution in [1.82, 2.24) is 9.97 Å². The standard InChI is InChI=1S/C24H16N2.2ClH.Ru/c1-3-7-17(8-4-1)19-13-15-25-23-21(19)11-12-22-20(14-16-26-24(22)23)18-9-5-2-6-10-18;;;/h1-16H;2*1H;/q;;;+2/p-2. The molecule has 0 unspecified atom stereocenters. The van der Waals surface area contributed by atoms with Gasteiger partial charge >= 0.3 is 34.5 Å². The van der Waals surface area contributed by atoms with Crippen molar-refractivity contribution >= 4 is 41.2 Å². The molecule has 0 aliphatic heterocycles. The Hall–Kier alpha value is -2.32. The molecule has 0 radical (unpaired) electrons. The Morgan fingerprint density at radius 1 is 0.517 bits per heavy atom. The molecule has 0 saturated heterocycles. The zero-order chi connectivity index (χ0) is 20.1. The monoisotopic (exact) mass is 504 g/mol. The van der Waals surface area contributed by atoms with Gasteiger partial charge in [0, 0.05) is 23.2 Å². The topological polar surface area (TPSA) is 25.8 Å². The second kappa shape index (κ2) is 9.45. The van der Waals surface area contributed by atoms with Crippen molar-refractivity contribution in [2.75, 3.05) is 0 Å². The number of rotatable bonds is 2. The van der Waals surface area contributed by atoms with Crippen LogP contribution in [0.25, 0.3) is 44.1 Å². The molecule has 0 saturated carbocycles. The van der Waals surface area contributed by atoms with Crippen LogP contribution in [-0.4, -0.2) is 9.97 Å². The first kappa shape index (κ1) is 20.0. The summed E-state index contributed by atoms with van der Waals surface area (Å²) in [4.78, 5) is 9.34. The van der Waals surface area contributed by atoms with Crippen LogP contribution >= 0.6 is 19.4 Å². The summed E-state index contributed by atoms with van der Waals surface area (Å²) in [5.74, 6) is 0. The minimum absolute atomic E-state index is 0.346. The van der Waals surface area contributed by atoms with Crippen LogP contribution in [0.15, 0.2) is 97.3 Å². The normalized spacial score (nSPS) is 10.7. The smallest absolute Gasteiger partial charge is 0.0970 e. The van der Waals surface area contributed by atoms with E-state index in [2.05, 4.69) is 82.8 Å². The maximum Gasteiger partial charge on any atom is 0.0970 e. The van der Waals surface area contributed by atoms with Gasteiger partial charge in [0.25, 0.3) is 0 Å². The summed E-state index contributed by atoms with van der Waals surface area (Å²) in [7, 11) is 9.71. The van der Waals surface area contributed by atoms with Crippen LogP contribution in [0, 0.1) is 0 Å². The number of benzene rings is 3. The van der Waals surface area contributed by atoms with Gasteiger partial charge in [-0.1, -0.05) is 72.8 Å². The second-order valence-corrected chi connectivity index (χ2v) is 9.00. The van der Waals surface area contributed by atoms with Gasteiger partial charge in [0.05, 0.1) is 11.0 Å². The van der Waals surface area contributed by atoms with Gasteiger partial charge in [0.2, 0.25) is 0 Å². The molecular weight excluding hydrogens is 488 g/mol. The molecule has 3 aromatic carbocycles. The van der Waals surface area contributed by atoms with Crippen molar-refractivity contribution in [2.24, 2.45) is 0 Å². The van der Waals surface area contributed by atoms with E-state index in [0.29, 0.717) is 0 Å². The van der Waals surface area contributed by atoms with E-state index in [1.807, 2.05) is 24.5 Å². The number of fused-ring (bicyclic) bond motifs is 3. The molecule has 0 N–H and O–H groups in total. The molecular formula is C24H16Cl2N2Ru. The van der Waals surface area contributed by atoms with Crippen LogP contribution in [-0.2, 0) is 15.1 Å². The quantitative estimate of drug-likeness (QED) is 0.184. The van der Waals surface area contributed by atoms with Crippen LogP contribution in [0.3, 0.4) is 0 Å². The third kappa shape index (κ3) is 4.18. The average molecular weight is 504 g/mol. The van der Waals surface area contributed by atoms with Crippen molar-refractivity contribution in [1.29, 1.82) is 0 Å². The summed E-state index contributed by atoms with van der Waals surface area (Å²) in [5.41, 5.74) is 6.65. The molecule has 29 heavy (non-hydrogen) atoms. The maximum absolute atomic E-state index is 4.85. The first-order valence-electron chi connectivity index (χ1n) is 8.96. The van der Waals surface area contributed by atoms with E-state index in [1.54, 1.807) is 0 Å². The fourth-order valence-electron chi connectivity index (χ4n) is 3.57. The molecule has 5 heteroatoms. The molecule has 0 amide bonds. The van der Waals surface area contributed by atoms with E-state index in [4.69, 9.17) is 19.4 Å². The van der Waals surface area contributed by atoms with Gasteiger partial charge in [-0.3, -0.25) is 9.97 Å². The Kier molecular flexibility index (Phi) is 6.51. The fourth-order valence-corrected chi connectivity index (χ4v) is 3.57. The molecule has 0 spiro atoms. The summed E-state index contributed by atoms with van der Waals surface area (Å²) in [6.45, 7) is 0. The number of halogens is 2. The summed E-state index contributed by atoms with van der Waals surface area (Å²) in [6.07, 6.45) is 3.75. The molecule has 0 aliphatic rings. The van der Waals surface area contributed by atoms with Crippen molar-refractivity contribution in [3.8, 4) is 22.3 Å². The van der Waals surface area contributed by atoms with Gasteiger partial charge in [-0.2, -0.15) is 0 Å². The maximum atomic E-state index is 4.85. The average Bonchev–Trinajstić information content (AvgIpc) is 2.80. The van der Waals surface area contributed by atoms with Crippen molar-refractivity contribution in [3.63, 3.8) is 0 Å². The fraction of sp³-hybridized carbons (Fsp3) is 0. The molecule has 5 aromatic rings. The number of hydrogen-bond donors (Lipinski definition) is 0. The van der Waals surface area contributed by atoms with E-state index in [9.17, 15) is 0 Å². The summed E-state index contributed by atoms with van der Waals surface area (Å²) < 4.78 is 0. The van der Waals surface area contributed by atoms with Crippen molar-refractivity contribution in [3.05, 3.63) is 97.3 Å². The molecule has 0 aliphatic carbocycles. The summed E-state index contributed by atoms with van der Waals surface area (Å²) >= 11 is -0.346. The minimum atomic E-state index is -0.346. The van der Waals surface area contributed by atoms with Gasteiger partial charge in [-0.05, 0) is 34.4 Å². The zero-order valence-electron chi connectivity index (χ0n) is 15.2. The van der Waals surface area contributed by atoms with E-state index < -0.39 is 0 Å². The SMILES string of the molecule is [Cl][Ru][Cl].c1ccc(-c2ccnc3c2ccc2c(-c4ccccc4)ccnc23)cc1. The Labute approximate surface area is 185 Å². The number of nitrogens with zero attached hydrogens (tertiary/aromatic N) is 2. The molecule has 2 heterocycles. The van der Waals surface area contributed by atoms with Gasteiger partial charge in [-0.15, -0.1) is 0 Å². The van der Waals surface area contributed by atoms with Crippen LogP contribution in [0.1, 0.15) is 0 Å². The molecule has 0 atom stereocenters. The third-order valence-corrected chi connectivity index (χ3v) is 4.79. The van der Waals surface area contributed by atoms with E-state index >= 15 is 0 Å². The third-order valence-electron chi connectivity index (χ3n) is 4.79. The Morgan fingerprint density at radius 2 is 0.897 bits per heavy atom. The Balaban J connectivity index is 0.000000645. The van der Waals surface area contributed by atoms with E-state index in [0.717, 1.165) is 21.8 Å². The number of hydrogen-bond acceptors (Lipinski definition) is 2. The number of aromatic nitrogens is 2. The first-order chi connectivity index (χ1) is 14.3. The van der Waals surface area contributed by atoms with Gasteiger partial charge in [0.15, 0.2) is 0 Å². The van der Waals surface area contributed by atoms with Crippen LogP contribution in [0.4, 0.5) is 0 Å². The van der Waals surface area contributed by atoms with Crippen molar-refractivity contribution in [2.45, 2.75) is 0 Å². The Morgan fingerprint density at radius 3 is 1.28 bits per heavy atom. The zero-order valence-corrected chi connectivity index (χ0v) is 18.5. The van der Waals surface area contributed by atoms with Crippen LogP contribution < -0.4 is 0 Å². The number of pyridine rings is 2. The largest absolute Gasteiger partial charge is 0.254 e. The van der Waals surface area contributed by atoms with E-state index in [-0.39, 0.29) is 15.1 Å². The van der Waals surface area contributed by atoms with Gasteiger partial charge in [0.1, 0.15) is 0 Å². The minimum Gasteiger partial charge on any atom is -0.254 e. The molecule has 144 valence electrons. The summed E-state index contributed by atoms with van der Waals surface area (Å²) in [5, 5.41) is 2.26. The van der Waals surface area contributed by atoms with Gasteiger partial charge < -0.3 is 0 Å². The second-order valence-electron chi connectivity index (χ2n) is 6.36. The predicted octanol–water partition coefficient (Wildman–Crippen LogP) is 7.49. The predicted molar refractivity (Wildman–Crippen MR) is 120 cm³/mol. The van der Waals surface area contributed by atoms with Crippen molar-refractivity contribution < 1.29 is 15.1 Å². The molecule has 5 rings (SSSR count).